The van der Waals surface area contributed by atoms with Crippen molar-refractivity contribution in [2.75, 3.05) is 0 Å². The number of aromatic nitrogens is 4. The van der Waals surface area contributed by atoms with Gasteiger partial charge in [-0.1, -0.05) is 33.9 Å². The van der Waals surface area contributed by atoms with Crippen molar-refractivity contribution in [3.63, 3.8) is 0 Å². The highest BCUT2D eigenvalue weighted by molar-refractivity contribution is 9.10. The van der Waals surface area contributed by atoms with Gasteiger partial charge in [0.1, 0.15) is 0 Å². The second-order valence-corrected chi connectivity index (χ2v) is 7.26. The number of hydrogen-bond acceptors (Lipinski definition) is 5. The summed E-state index contributed by atoms with van der Waals surface area (Å²) >= 11 is 3.44. The predicted octanol–water partition coefficient (Wildman–Crippen LogP) is 4.14. The molecule has 1 aromatic carbocycles. The Kier molecular flexibility index (Phi) is 4.99. The average molecular weight is 425 g/mol. The lowest BCUT2D eigenvalue weighted by atomic mass is 9.99. The fourth-order valence-electron chi connectivity index (χ4n) is 3.18. The maximum atomic E-state index is 6.40. The molecule has 6 nitrogen and oxygen atoms in total. The molecule has 0 unspecified atom stereocenters. The van der Waals surface area contributed by atoms with Gasteiger partial charge < -0.3 is 10.3 Å². The molecular formula is C17H19BrClN5O. The van der Waals surface area contributed by atoms with Crippen LogP contribution in [0.2, 0.25) is 0 Å². The molecular weight excluding hydrogens is 406 g/mol. The van der Waals surface area contributed by atoms with Gasteiger partial charge in [-0.05, 0) is 50.1 Å². The van der Waals surface area contributed by atoms with Crippen LogP contribution in [-0.2, 0) is 5.54 Å². The lowest BCUT2D eigenvalue weighted by Crippen LogP contribution is -2.34. The molecule has 0 aliphatic heterocycles. The van der Waals surface area contributed by atoms with E-state index in [0.29, 0.717) is 17.4 Å². The standard InChI is InChI=1S/C17H18BrN5O.ClH/c1-11-10-14(21-23(11)13-6-4-12(18)5-7-13)15-20-16(22-24-15)17(19)8-2-3-9-17;/h4-7,10H,2-3,8-9,19H2,1H3;1H. The summed E-state index contributed by atoms with van der Waals surface area (Å²) in [4.78, 5) is 4.51. The quantitative estimate of drug-likeness (QED) is 0.683. The first-order valence-electron chi connectivity index (χ1n) is 8.01. The van der Waals surface area contributed by atoms with E-state index in [1.807, 2.05) is 41.9 Å². The number of nitrogens with zero attached hydrogens (tertiary/aromatic N) is 4. The normalized spacial score (nSPS) is 16.0. The maximum Gasteiger partial charge on any atom is 0.278 e. The minimum atomic E-state index is -0.453. The van der Waals surface area contributed by atoms with Crippen LogP contribution in [0, 0.1) is 6.92 Å². The fraction of sp³-hybridized carbons (Fsp3) is 0.353. The van der Waals surface area contributed by atoms with Crippen LogP contribution in [0.25, 0.3) is 17.3 Å². The lowest BCUT2D eigenvalue weighted by Gasteiger charge is -2.17. The molecule has 8 heteroatoms. The highest BCUT2D eigenvalue weighted by atomic mass is 79.9. The monoisotopic (exact) mass is 423 g/mol. The molecule has 0 bridgehead atoms. The zero-order valence-electron chi connectivity index (χ0n) is 13.8. The van der Waals surface area contributed by atoms with Gasteiger partial charge in [0, 0.05) is 10.2 Å². The summed E-state index contributed by atoms with van der Waals surface area (Å²) in [5, 5.41) is 8.71. The predicted molar refractivity (Wildman–Crippen MR) is 101 cm³/mol. The van der Waals surface area contributed by atoms with Crippen LogP contribution in [0.4, 0.5) is 0 Å². The second kappa shape index (κ2) is 6.90. The minimum Gasteiger partial charge on any atom is -0.332 e. The Morgan fingerprint density at radius 1 is 1.20 bits per heavy atom. The molecule has 2 N–H and O–H groups in total. The summed E-state index contributed by atoms with van der Waals surface area (Å²) < 4.78 is 8.32. The van der Waals surface area contributed by atoms with Crippen LogP contribution in [0.5, 0.6) is 0 Å². The maximum absolute atomic E-state index is 6.40. The summed E-state index contributed by atoms with van der Waals surface area (Å²) in [6.45, 7) is 2.00. The van der Waals surface area contributed by atoms with E-state index in [2.05, 4.69) is 31.2 Å². The Hall–Kier alpha value is -1.70. The number of hydrogen-bond donors (Lipinski definition) is 1. The topological polar surface area (TPSA) is 82.8 Å². The van der Waals surface area contributed by atoms with Gasteiger partial charge in [-0.2, -0.15) is 10.1 Å². The molecule has 2 heterocycles. The van der Waals surface area contributed by atoms with Gasteiger partial charge in [-0.25, -0.2) is 4.68 Å². The highest BCUT2D eigenvalue weighted by Gasteiger charge is 2.36. The van der Waals surface area contributed by atoms with Crippen LogP contribution in [0.3, 0.4) is 0 Å². The number of aryl methyl sites for hydroxylation is 1. The molecule has 3 aromatic rings. The first kappa shape index (κ1) is 18.1. The zero-order valence-corrected chi connectivity index (χ0v) is 16.2. The van der Waals surface area contributed by atoms with Gasteiger partial charge in [0.2, 0.25) is 0 Å². The average Bonchev–Trinajstić information content (AvgIpc) is 3.28. The van der Waals surface area contributed by atoms with Crippen LogP contribution in [0.1, 0.15) is 37.2 Å². The van der Waals surface area contributed by atoms with Crippen molar-refractivity contribution >= 4 is 28.3 Å². The van der Waals surface area contributed by atoms with E-state index < -0.39 is 5.54 Å². The van der Waals surface area contributed by atoms with E-state index >= 15 is 0 Å². The number of rotatable bonds is 3. The minimum absolute atomic E-state index is 0. The van der Waals surface area contributed by atoms with E-state index in [4.69, 9.17) is 10.3 Å². The van der Waals surface area contributed by atoms with Crippen molar-refractivity contribution in [1.82, 2.24) is 19.9 Å². The number of nitrogens with two attached hydrogens (primary N) is 1. The van der Waals surface area contributed by atoms with Crippen LogP contribution in [-0.4, -0.2) is 19.9 Å². The van der Waals surface area contributed by atoms with Gasteiger partial charge in [-0.3, -0.25) is 0 Å². The lowest BCUT2D eigenvalue weighted by molar-refractivity contribution is 0.372. The molecule has 1 aliphatic carbocycles. The third-order valence-corrected chi connectivity index (χ3v) is 5.07. The molecule has 0 radical (unpaired) electrons. The van der Waals surface area contributed by atoms with Crippen molar-refractivity contribution in [3.05, 3.63) is 46.3 Å². The van der Waals surface area contributed by atoms with E-state index in [-0.39, 0.29) is 12.4 Å². The van der Waals surface area contributed by atoms with Crippen molar-refractivity contribution in [3.8, 4) is 17.3 Å². The molecule has 132 valence electrons. The van der Waals surface area contributed by atoms with Crippen molar-refractivity contribution in [2.24, 2.45) is 5.73 Å². The zero-order chi connectivity index (χ0) is 16.7. The van der Waals surface area contributed by atoms with Crippen molar-refractivity contribution in [1.29, 1.82) is 0 Å². The Labute approximate surface area is 160 Å². The largest absolute Gasteiger partial charge is 0.332 e. The van der Waals surface area contributed by atoms with Gasteiger partial charge >= 0.3 is 0 Å². The first-order valence-corrected chi connectivity index (χ1v) is 8.80. The SMILES string of the molecule is Cc1cc(-c2nc(C3(N)CCCC3)no2)nn1-c1ccc(Br)cc1.Cl. The van der Waals surface area contributed by atoms with Crippen molar-refractivity contribution in [2.45, 2.75) is 38.1 Å². The Morgan fingerprint density at radius 2 is 1.88 bits per heavy atom. The molecule has 1 saturated carbocycles. The highest BCUT2D eigenvalue weighted by Crippen LogP contribution is 2.35. The molecule has 0 saturated heterocycles. The fourth-order valence-corrected chi connectivity index (χ4v) is 3.45. The van der Waals surface area contributed by atoms with Crippen LogP contribution < -0.4 is 5.73 Å². The molecule has 4 rings (SSSR count). The summed E-state index contributed by atoms with van der Waals surface area (Å²) in [7, 11) is 0. The Balaban J connectivity index is 0.00000182. The second-order valence-electron chi connectivity index (χ2n) is 6.35. The molecule has 2 aromatic heterocycles. The number of benzene rings is 1. The van der Waals surface area contributed by atoms with E-state index in [1.54, 1.807) is 0 Å². The van der Waals surface area contributed by atoms with Crippen molar-refractivity contribution < 1.29 is 4.52 Å². The summed E-state index contributed by atoms with van der Waals surface area (Å²) in [5.41, 5.74) is 8.58. The third kappa shape index (κ3) is 3.36. The Morgan fingerprint density at radius 3 is 2.56 bits per heavy atom. The summed E-state index contributed by atoms with van der Waals surface area (Å²) in [5.74, 6) is 1.01. The third-order valence-electron chi connectivity index (χ3n) is 4.54. The van der Waals surface area contributed by atoms with E-state index in [0.717, 1.165) is 41.5 Å². The van der Waals surface area contributed by atoms with Gasteiger partial charge in [0.05, 0.1) is 11.2 Å². The van der Waals surface area contributed by atoms with E-state index in [9.17, 15) is 0 Å². The first-order chi connectivity index (χ1) is 11.5. The smallest absolute Gasteiger partial charge is 0.278 e. The molecule has 1 fully saturated rings. The van der Waals surface area contributed by atoms with Gasteiger partial charge in [-0.15, -0.1) is 12.4 Å². The molecule has 0 atom stereocenters. The van der Waals surface area contributed by atoms with E-state index in [1.165, 1.54) is 0 Å². The van der Waals surface area contributed by atoms with Crippen LogP contribution in [0.15, 0.2) is 39.3 Å². The molecule has 0 spiro atoms. The van der Waals surface area contributed by atoms with Crippen LogP contribution >= 0.6 is 28.3 Å². The molecule has 1 aliphatic rings. The molecule has 25 heavy (non-hydrogen) atoms. The summed E-state index contributed by atoms with van der Waals surface area (Å²) in [6, 6.07) is 9.91. The summed E-state index contributed by atoms with van der Waals surface area (Å²) in [6.07, 6.45) is 4.02. The van der Waals surface area contributed by atoms with Gasteiger partial charge in [0.15, 0.2) is 11.5 Å². The number of halogens is 2. The Bertz CT molecular complexity index is 868. The molecule has 0 amide bonds. The van der Waals surface area contributed by atoms with Gasteiger partial charge in [0.25, 0.3) is 5.89 Å².